The zero-order chi connectivity index (χ0) is 20.4. The fourth-order valence-electron chi connectivity index (χ4n) is 2.86. The Labute approximate surface area is 161 Å². The highest BCUT2D eigenvalue weighted by Crippen LogP contribution is 2.26. The minimum Gasteiger partial charge on any atom is -0.480 e. The zero-order valence-corrected chi connectivity index (χ0v) is 15.8. The summed E-state index contributed by atoms with van der Waals surface area (Å²) < 4.78 is 14.7. The number of carbonyl (C=O) groups excluding carboxylic acids is 1. The van der Waals surface area contributed by atoms with E-state index < -0.39 is 24.6 Å². The van der Waals surface area contributed by atoms with E-state index in [0.717, 1.165) is 11.1 Å². The molecule has 2 heterocycles. The highest BCUT2D eigenvalue weighted by Gasteiger charge is 2.24. The van der Waals surface area contributed by atoms with Gasteiger partial charge in [-0.2, -0.15) is 5.10 Å². The van der Waals surface area contributed by atoms with Crippen molar-refractivity contribution in [3.63, 3.8) is 0 Å². The molecule has 28 heavy (non-hydrogen) atoms. The largest absolute Gasteiger partial charge is 0.480 e. The number of aromatic nitrogens is 3. The van der Waals surface area contributed by atoms with E-state index in [9.17, 15) is 14.0 Å². The quantitative estimate of drug-likeness (QED) is 0.680. The standard InChI is InChI=1S/C20H21FN4O3/c1-11(2)25-18-15(10-22-25)14(19(26)24-17(9-21)20(27)28)8-16(23-18)13-6-4-12(3)5-7-13/h4-8,10-11,17H,9H2,1-3H3,(H,24,26)(H,27,28). The van der Waals surface area contributed by atoms with Crippen LogP contribution in [-0.2, 0) is 4.79 Å². The van der Waals surface area contributed by atoms with Crippen LogP contribution in [0.1, 0.15) is 35.8 Å². The van der Waals surface area contributed by atoms with Crippen LogP contribution < -0.4 is 5.32 Å². The molecule has 0 spiro atoms. The number of alkyl halides is 1. The number of carbonyl (C=O) groups is 2. The number of benzene rings is 1. The van der Waals surface area contributed by atoms with Crippen LogP contribution in [0.5, 0.6) is 0 Å². The van der Waals surface area contributed by atoms with Gasteiger partial charge < -0.3 is 10.4 Å². The SMILES string of the molecule is Cc1ccc(-c2cc(C(=O)NC(CF)C(=O)O)c3cnn(C(C)C)c3n2)cc1. The van der Waals surface area contributed by atoms with E-state index in [0.29, 0.717) is 16.7 Å². The maximum Gasteiger partial charge on any atom is 0.328 e. The van der Waals surface area contributed by atoms with E-state index in [1.165, 1.54) is 6.20 Å². The summed E-state index contributed by atoms with van der Waals surface area (Å²) in [6, 6.07) is 7.62. The number of nitrogens with zero attached hydrogens (tertiary/aromatic N) is 3. The minimum absolute atomic E-state index is 0.00629. The van der Waals surface area contributed by atoms with E-state index in [1.807, 2.05) is 45.0 Å². The van der Waals surface area contributed by atoms with Gasteiger partial charge in [0.15, 0.2) is 11.7 Å². The summed E-state index contributed by atoms with van der Waals surface area (Å²) in [5, 5.41) is 16.0. The van der Waals surface area contributed by atoms with Crippen LogP contribution in [0, 0.1) is 6.92 Å². The van der Waals surface area contributed by atoms with E-state index in [1.54, 1.807) is 10.7 Å². The van der Waals surface area contributed by atoms with E-state index in [2.05, 4.69) is 15.4 Å². The van der Waals surface area contributed by atoms with Crippen molar-refractivity contribution in [3.8, 4) is 11.3 Å². The predicted molar refractivity (Wildman–Crippen MR) is 103 cm³/mol. The van der Waals surface area contributed by atoms with E-state index in [4.69, 9.17) is 5.11 Å². The summed E-state index contributed by atoms with van der Waals surface area (Å²) in [7, 11) is 0. The molecule has 0 aliphatic rings. The van der Waals surface area contributed by atoms with Crippen molar-refractivity contribution < 1.29 is 19.1 Å². The Morgan fingerprint density at radius 1 is 1.25 bits per heavy atom. The van der Waals surface area contributed by atoms with Gasteiger partial charge in [-0.1, -0.05) is 29.8 Å². The maximum absolute atomic E-state index is 13.0. The molecule has 1 unspecified atom stereocenters. The van der Waals surface area contributed by atoms with E-state index >= 15 is 0 Å². The average molecular weight is 384 g/mol. The number of rotatable bonds is 6. The number of hydrogen-bond acceptors (Lipinski definition) is 4. The van der Waals surface area contributed by atoms with Crippen molar-refractivity contribution in [2.45, 2.75) is 32.9 Å². The Morgan fingerprint density at radius 3 is 2.50 bits per heavy atom. The third-order valence-corrected chi connectivity index (χ3v) is 4.41. The first-order valence-corrected chi connectivity index (χ1v) is 8.86. The lowest BCUT2D eigenvalue weighted by Gasteiger charge is -2.13. The molecule has 1 aromatic carbocycles. The summed E-state index contributed by atoms with van der Waals surface area (Å²) in [5.41, 5.74) is 3.14. The molecule has 0 bridgehead atoms. The molecule has 1 atom stereocenters. The van der Waals surface area contributed by atoms with Gasteiger partial charge in [-0.3, -0.25) is 4.79 Å². The summed E-state index contributed by atoms with van der Waals surface area (Å²) in [5.74, 6) is -2.12. The number of aryl methyl sites for hydroxylation is 1. The van der Waals surface area contributed by atoms with Crippen molar-refractivity contribution in [1.82, 2.24) is 20.1 Å². The Bertz CT molecular complexity index is 1030. The predicted octanol–water partition coefficient (Wildman–Crippen LogP) is 3.14. The molecular formula is C20H21FN4O3. The molecule has 2 N–H and O–H groups in total. The highest BCUT2D eigenvalue weighted by molar-refractivity contribution is 6.07. The Morgan fingerprint density at radius 2 is 1.93 bits per heavy atom. The van der Waals surface area contributed by atoms with Crippen LogP contribution in [0.4, 0.5) is 4.39 Å². The summed E-state index contributed by atoms with van der Waals surface area (Å²) in [6.07, 6.45) is 1.52. The van der Waals surface area contributed by atoms with Crippen molar-refractivity contribution >= 4 is 22.9 Å². The van der Waals surface area contributed by atoms with Crippen LogP contribution in [0.25, 0.3) is 22.3 Å². The first-order chi connectivity index (χ1) is 13.3. The maximum atomic E-state index is 13.0. The zero-order valence-electron chi connectivity index (χ0n) is 15.8. The lowest BCUT2D eigenvalue weighted by molar-refractivity contribution is -0.139. The number of halogens is 1. The van der Waals surface area contributed by atoms with Crippen LogP contribution in [0.3, 0.4) is 0 Å². The number of amides is 1. The Balaban J connectivity index is 2.16. The van der Waals surface area contributed by atoms with Gasteiger partial charge in [0.25, 0.3) is 5.91 Å². The number of hydrogen-bond donors (Lipinski definition) is 2. The highest BCUT2D eigenvalue weighted by atomic mass is 19.1. The second kappa shape index (κ2) is 7.75. The molecule has 3 aromatic rings. The molecule has 0 radical (unpaired) electrons. The van der Waals surface area contributed by atoms with Gasteiger partial charge in [0.1, 0.15) is 6.67 Å². The molecule has 0 aliphatic heterocycles. The molecule has 7 nitrogen and oxygen atoms in total. The average Bonchev–Trinajstić information content (AvgIpc) is 3.09. The van der Waals surface area contributed by atoms with Gasteiger partial charge >= 0.3 is 5.97 Å². The van der Waals surface area contributed by atoms with Crippen molar-refractivity contribution in [3.05, 3.63) is 47.7 Å². The molecule has 1 amide bonds. The number of nitrogens with one attached hydrogen (secondary N) is 1. The third kappa shape index (κ3) is 3.71. The molecule has 146 valence electrons. The molecule has 0 aliphatic carbocycles. The lowest BCUT2D eigenvalue weighted by Crippen LogP contribution is -2.42. The summed E-state index contributed by atoms with van der Waals surface area (Å²) >= 11 is 0. The second-order valence-electron chi connectivity index (χ2n) is 6.86. The van der Waals surface area contributed by atoms with Gasteiger partial charge in [-0.15, -0.1) is 0 Å². The fourth-order valence-corrected chi connectivity index (χ4v) is 2.86. The van der Waals surface area contributed by atoms with Gasteiger partial charge in [0.05, 0.1) is 22.8 Å². The number of carboxylic acids is 1. The number of pyridine rings is 1. The topological polar surface area (TPSA) is 97.1 Å². The van der Waals surface area contributed by atoms with Gasteiger partial charge in [-0.25, -0.2) is 18.9 Å². The third-order valence-electron chi connectivity index (χ3n) is 4.41. The van der Waals surface area contributed by atoms with Crippen LogP contribution in [0.15, 0.2) is 36.5 Å². The van der Waals surface area contributed by atoms with Gasteiger partial charge in [0.2, 0.25) is 0 Å². The first kappa shape index (κ1) is 19.5. The first-order valence-electron chi connectivity index (χ1n) is 8.86. The lowest BCUT2D eigenvalue weighted by atomic mass is 10.0. The number of fused-ring (bicyclic) bond motifs is 1. The van der Waals surface area contributed by atoms with Crippen molar-refractivity contribution in [2.24, 2.45) is 0 Å². The number of aliphatic carboxylic acids is 1. The van der Waals surface area contributed by atoms with Crippen LogP contribution in [0.2, 0.25) is 0 Å². The van der Waals surface area contributed by atoms with E-state index in [-0.39, 0.29) is 11.6 Å². The molecule has 0 saturated heterocycles. The minimum atomic E-state index is -1.61. The molecular weight excluding hydrogens is 363 g/mol. The number of carboxylic acid groups (broad SMARTS) is 1. The molecule has 0 fully saturated rings. The molecule has 3 rings (SSSR count). The summed E-state index contributed by atoms with van der Waals surface area (Å²) in [6.45, 7) is 4.65. The Kier molecular flexibility index (Phi) is 5.39. The van der Waals surface area contributed by atoms with Crippen molar-refractivity contribution in [2.75, 3.05) is 6.67 Å². The Hall–Kier alpha value is -3.29. The van der Waals surface area contributed by atoms with Gasteiger partial charge in [0, 0.05) is 11.6 Å². The normalized spacial score (nSPS) is 12.3. The fraction of sp³-hybridized carbons (Fsp3) is 0.300. The van der Waals surface area contributed by atoms with Crippen LogP contribution >= 0.6 is 0 Å². The smallest absolute Gasteiger partial charge is 0.328 e. The summed E-state index contributed by atoms with van der Waals surface area (Å²) in [4.78, 5) is 28.5. The van der Waals surface area contributed by atoms with Crippen molar-refractivity contribution in [1.29, 1.82) is 0 Å². The second-order valence-corrected chi connectivity index (χ2v) is 6.86. The monoisotopic (exact) mass is 384 g/mol. The molecule has 2 aromatic heterocycles. The van der Waals surface area contributed by atoms with Gasteiger partial charge in [-0.05, 0) is 26.8 Å². The van der Waals surface area contributed by atoms with Crippen LogP contribution in [-0.4, -0.2) is 44.5 Å². The molecule has 8 heteroatoms. The molecule has 0 saturated carbocycles.